The van der Waals surface area contributed by atoms with Crippen molar-refractivity contribution in [2.75, 3.05) is 6.54 Å². The Morgan fingerprint density at radius 2 is 1.46 bits per heavy atom. The lowest BCUT2D eigenvalue weighted by atomic mass is 10.2. The predicted octanol–water partition coefficient (Wildman–Crippen LogP) is 2.71. The molecule has 3 N–H and O–H groups in total. The summed E-state index contributed by atoms with van der Waals surface area (Å²) in [6.07, 6.45) is 0.0555. The van der Waals surface area contributed by atoms with E-state index in [0.29, 0.717) is 21.9 Å². The van der Waals surface area contributed by atoms with Gasteiger partial charge in [0.2, 0.25) is 5.91 Å². The Bertz CT molecular complexity index is 820. The molecule has 8 heteroatoms. The number of rotatable bonds is 7. The van der Waals surface area contributed by atoms with Crippen LogP contribution in [0.1, 0.15) is 41.0 Å². The molecule has 0 saturated heterocycles. The first kappa shape index (κ1) is 21.2. The molecule has 2 rings (SSSR count). The molecule has 0 aromatic heterocycles. The standard InChI is InChI=1S/C20H22ClN3O4/c1-13(2)28-17-9-5-15(6-10-17)20(27)24-23-18(25)11-12-22-19(26)14-3-7-16(21)8-4-14/h3-10,13H,11-12H2,1-2H3,(H,22,26)(H,23,25)(H,24,27). The maximum Gasteiger partial charge on any atom is 0.269 e. The molecule has 0 fully saturated rings. The lowest BCUT2D eigenvalue weighted by molar-refractivity contribution is -0.121. The number of hydrazine groups is 1. The largest absolute Gasteiger partial charge is 0.491 e. The van der Waals surface area contributed by atoms with Gasteiger partial charge in [-0.3, -0.25) is 25.2 Å². The van der Waals surface area contributed by atoms with Crippen LogP contribution in [0, 0.1) is 0 Å². The number of carbonyl (C=O) groups excluding carboxylic acids is 3. The molecule has 0 radical (unpaired) electrons. The van der Waals surface area contributed by atoms with Crippen LogP contribution in [0.2, 0.25) is 5.02 Å². The molecule has 0 aliphatic heterocycles. The summed E-state index contributed by atoms with van der Waals surface area (Å²) in [5.74, 6) is -0.525. The first-order chi connectivity index (χ1) is 13.3. The average molecular weight is 404 g/mol. The monoisotopic (exact) mass is 403 g/mol. The van der Waals surface area contributed by atoms with Crippen LogP contribution in [0.4, 0.5) is 0 Å². The van der Waals surface area contributed by atoms with E-state index in [2.05, 4.69) is 16.2 Å². The topological polar surface area (TPSA) is 96.5 Å². The minimum atomic E-state index is -0.449. The van der Waals surface area contributed by atoms with Gasteiger partial charge in [0.1, 0.15) is 5.75 Å². The van der Waals surface area contributed by atoms with Crippen LogP contribution in [0.15, 0.2) is 48.5 Å². The molecular formula is C20H22ClN3O4. The van der Waals surface area contributed by atoms with Crippen molar-refractivity contribution in [1.82, 2.24) is 16.2 Å². The molecule has 0 spiro atoms. The van der Waals surface area contributed by atoms with E-state index in [9.17, 15) is 14.4 Å². The van der Waals surface area contributed by atoms with Crippen molar-refractivity contribution in [3.05, 3.63) is 64.7 Å². The second kappa shape index (κ2) is 10.3. The van der Waals surface area contributed by atoms with Crippen molar-refractivity contribution in [3.63, 3.8) is 0 Å². The van der Waals surface area contributed by atoms with Gasteiger partial charge in [-0.15, -0.1) is 0 Å². The first-order valence-corrected chi connectivity index (χ1v) is 9.12. The van der Waals surface area contributed by atoms with Gasteiger partial charge in [-0.25, -0.2) is 0 Å². The van der Waals surface area contributed by atoms with Crippen LogP contribution in [-0.4, -0.2) is 30.4 Å². The second-order valence-electron chi connectivity index (χ2n) is 6.21. The number of hydrogen-bond donors (Lipinski definition) is 3. The van der Waals surface area contributed by atoms with Gasteiger partial charge in [0.15, 0.2) is 0 Å². The molecule has 2 aromatic carbocycles. The molecule has 28 heavy (non-hydrogen) atoms. The second-order valence-corrected chi connectivity index (χ2v) is 6.64. The molecule has 0 heterocycles. The Morgan fingerprint density at radius 3 is 2.07 bits per heavy atom. The molecule has 0 aliphatic carbocycles. The van der Waals surface area contributed by atoms with Gasteiger partial charge in [0, 0.05) is 29.1 Å². The van der Waals surface area contributed by atoms with Crippen LogP contribution >= 0.6 is 11.6 Å². The SMILES string of the molecule is CC(C)Oc1ccc(C(=O)NNC(=O)CCNC(=O)c2ccc(Cl)cc2)cc1. The highest BCUT2D eigenvalue weighted by atomic mass is 35.5. The zero-order valence-corrected chi connectivity index (χ0v) is 16.4. The van der Waals surface area contributed by atoms with Crippen molar-refractivity contribution in [1.29, 1.82) is 0 Å². The van der Waals surface area contributed by atoms with Gasteiger partial charge in [-0.1, -0.05) is 11.6 Å². The quantitative estimate of drug-likeness (QED) is 0.619. The molecule has 0 bridgehead atoms. The van der Waals surface area contributed by atoms with Gasteiger partial charge in [0.25, 0.3) is 11.8 Å². The Kier molecular flexibility index (Phi) is 7.83. The summed E-state index contributed by atoms with van der Waals surface area (Å²) in [5, 5.41) is 3.16. The molecule has 7 nitrogen and oxygen atoms in total. The van der Waals surface area contributed by atoms with E-state index >= 15 is 0 Å². The fourth-order valence-corrected chi connectivity index (χ4v) is 2.34. The summed E-state index contributed by atoms with van der Waals surface area (Å²) in [4.78, 5) is 35.7. The first-order valence-electron chi connectivity index (χ1n) is 8.75. The van der Waals surface area contributed by atoms with Crippen LogP contribution in [-0.2, 0) is 4.79 Å². The fraction of sp³-hybridized carbons (Fsp3) is 0.250. The van der Waals surface area contributed by atoms with E-state index in [1.165, 1.54) is 0 Å². The number of carbonyl (C=O) groups is 3. The van der Waals surface area contributed by atoms with Gasteiger partial charge in [-0.2, -0.15) is 0 Å². The molecule has 148 valence electrons. The summed E-state index contributed by atoms with van der Waals surface area (Å²) >= 11 is 5.77. The minimum Gasteiger partial charge on any atom is -0.491 e. The molecule has 0 saturated carbocycles. The van der Waals surface area contributed by atoms with Gasteiger partial charge in [0.05, 0.1) is 6.10 Å². The lowest BCUT2D eigenvalue weighted by Crippen LogP contribution is -2.42. The van der Waals surface area contributed by atoms with Crippen LogP contribution < -0.4 is 20.9 Å². The third kappa shape index (κ3) is 6.92. The maximum atomic E-state index is 12.0. The zero-order valence-electron chi connectivity index (χ0n) is 15.6. The van der Waals surface area contributed by atoms with E-state index in [-0.39, 0.29) is 25.0 Å². The average Bonchev–Trinajstić information content (AvgIpc) is 2.66. The third-order valence-electron chi connectivity index (χ3n) is 3.55. The van der Waals surface area contributed by atoms with Crippen LogP contribution in [0.5, 0.6) is 5.75 Å². The number of nitrogens with one attached hydrogen (secondary N) is 3. The lowest BCUT2D eigenvalue weighted by Gasteiger charge is -2.11. The van der Waals surface area contributed by atoms with Gasteiger partial charge >= 0.3 is 0 Å². The summed E-state index contributed by atoms with van der Waals surface area (Å²) in [5.41, 5.74) is 5.47. The summed E-state index contributed by atoms with van der Waals surface area (Å²) in [6, 6.07) is 13.0. The van der Waals surface area contributed by atoms with E-state index in [4.69, 9.17) is 16.3 Å². The zero-order chi connectivity index (χ0) is 20.5. The molecule has 0 atom stereocenters. The van der Waals surface area contributed by atoms with Crippen molar-refractivity contribution < 1.29 is 19.1 Å². The van der Waals surface area contributed by atoms with E-state index < -0.39 is 11.8 Å². The fourth-order valence-electron chi connectivity index (χ4n) is 2.21. The Hall–Kier alpha value is -3.06. The molecule has 0 aliphatic rings. The van der Waals surface area contributed by atoms with Crippen molar-refractivity contribution in [2.45, 2.75) is 26.4 Å². The summed E-state index contributed by atoms with van der Waals surface area (Å²) < 4.78 is 5.51. The van der Waals surface area contributed by atoms with Crippen molar-refractivity contribution in [2.24, 2.45) is 0 Å². The summed E-state index contributed by atoms with van der Waals surface area (Å²) in [7, 11) is 0. The Balaban J connectivity index is 1.70. The highest BCUT2D eigenvalue weighted by Crippen LogP contribution is 2.13. The van der Waals surface area contributed by atoms with Crippen LogP contribution in [0.25, 0.3) is 0 Å². The normalized spacial score (nSPS) is 10.3. The maximum absolute atomic E-state index is 12.0. The third-order valence-corrected chi connectivity index (χ3v) is 3.80. The van der Waals surface area contributed by atoms with E-state index in [0.717, 1.165) is 0 Å². The Morgan fingerprint density at radius 1 is 0.893 bits per heavy atom. The van der Waals surface area contributed by atoms with Gasteiger partial charge in [-0.05, 0) is 62.4 Å². The molecular weight excluding hydrogens is 382 g/mol. The molecule has 2 aromatic rings. The van der Waals surface area contributed by atoms with Crippen molar-refractivity contribution >= 4 is 29.3 Å². The van der Waals surface area contributed by atoms with Crippen molar-refractivity contribution in [3.8, 4) is 5.75 Å². The Labute approximate surface area is 168 Å². The number of hydrogen-bond acceptors (Lipinski definition) is 4. The van der Waals surface area contributed by atoms with Crippen LogP contribution in [0.3, 0.4) is 0 Å². The van der Waals surface area contributed by atoms with E-state index in [1.807, 2.05) is 13.8 Å². The minimum absolute atomic E-state index is 0.0147. The predicted molar refractivity (Wildman–Crippen MR) is 106 cm³/mol. The molecule has 0 unspecified atom stereocenters. The smallest absolute Gasteiger partial charge is 0.269 e. The number of benzene rings is 2. The summed E-state index contributed by atoms with van der Waals surface area (Å²) in [6.45, 7) is 3.95. The number of amides is 3. The number of halogens is 1. The number of ether oxygens (including phenoxy) is 1. The highest BCUT2D eigenvalue weighted by Gasteiger charge is 2.09. The highest BCUT2D eigenvalue weighted by molar-refractivity contribution is 6.30. The van der Waals surface area contributed by atoms with Gasteiger partial charge < -0.3 is 10.1 Å². The van der Waals surface area contributed by atoms with E-state index in [1.54, 1.807) is 48.5 Å². The molecule has 3 amide bonds.